The summed E-state index contributed by atoms with van der Waals surface area (Å²) in [5, 5.41) is 3.66. The van der Waals surface area contributed by atoms with Crippen molar-refractivity contribution in [3.05, 3.63) is 40.3 Å². The number of nitrogens with zero attached hydrogens (tertiary/aromatic N) is 5. The number of fused-ring (bicyclic) bond motifs is 1. The summed E-state index contributed by atoms with van der Waals surface area (Å²) in [4.78, 5) is 28.0. The van der Waals surface area contributed by atoms with Gasteiger partial charge in [-0.3, -0.25) is 4.79 Å². The highest BCUT2D eigenvalue weighted by atomic mass is 16.1. The zero-order valence-electron chi connectivity index (χ0n) is 16.0. The molecule has 3 heterocycles. The summed E-state index contributed by atoms with van der Waals surface area (Å²) in [5.74, 6) is 1.60. The lowest BCUT2D eigenvalue weighted by atomic mass is 10.0. The minimum absolute atomic E-state index is 0.00697. The largest absolute Gasteiger partial charge is 0.367 e. The molecule has 1 saturated heterocycles. The summed E-state index contributed by atoms with van der Waals surface area (Å²) in [6.45, 7) is 4.32. The topological polar surface area (TPSA) is 75.9 Å². The fraction of sp³-hybridized carbons (Fsp3) is 0.600. The van der Waals surface area contributed by atoms with E-state index in [-0.39, 0.29) is 5.56 Å². The van der Waals surface area contributed by atoms with Gasteiger partial charge < -0.3 is 14.8 Å². The predicted molar refractivity (Wildman–Crippen MR) is 106 cm³/mol. The molecule has 27 heavy (non-hydrogen) atoms. The van der Waals surface area contributed by atoms with Crippen LogP contribution in [-0.4, -0.2) is 38.7 Å². The van der Waals surface area contributed by atoms with Gasteiger partial charge in [-0.05, 0) is 45.4 Å². The first-order valence-electron chi connectivity index (χ1n) is 10.2. The van der Waals surface area contributed by atoms with Crippen LogP contribution in [0.1, 0.15) is 50.3 Å². The first-order valence-corrected chi connectivity index (χ1v) is 10.2. The van der Waals surface area contributed by atoms with E-state index < -0.39 is 0 Å². The summed E-state index contributed by atoms with van der Waals surface area (Å²) in [7, 11) is 0. The molecule has 144 valence electrons. The summed E-state index contributed by atoms with van der Waals surface area (Å²) in [6, 6.07) is 0.376. The van der Waals surface area contributed by atoms with Crippen LogP contribution in [-0.2, 0) is 19.4 Å². The van der Waals surface area contributed by atoms with Crippen molar-refractivity contribution in [1.82, 2.24) is 19.5 Å². The van der Waals surface area contributed by atoms with Crippen LogP contribution >= 0.6 is 0 Å². The van der Waals surface area contributed by atoms with Crippen LogP contribution in [0.4, 0.5) is 11.6 Å². The van der Waals surface area contributed by atoms with E-state index >= 15 is 0 Å². The first-order chi connectivity index (χ1) is 13.3. The third-order valence-corrected chi connectivity index (χ3v) is 5.75. The lowest BCUT2D eigenvalue weighted by Crippen LogP contribution is -2.42. The van der Waals surface area contributed by atoms with E-state index in [1.54, 1.807) is 23.3 Å². The Morgan fingerprint density at radius 3 is 2.74 bits per heavy atom. The SMILES string of the molecule is CCn1ccnc(N2CCC(Nc3ncnc4c3CCCCC4)CC2)c1=O. The van der Waals surface area contributed by atoms with Crippen LogP contribution in [0.15, 0.2) is 23.5 Å². The maximum Gasteiger partial charge on any atom is 0.293 e. The third-order valence-electron chi connectivity index (χ3n) is 5.75. The van der Waals surface area contributed by atoms with Crippen LogP contribution in [0, 0.1) is 0 Å². The van der Waals surface area contributed by atoms with E-state index in [4.69, 9.17) is 0 Å². The number of anilines is 2. The fourth-order valence-corrected chi connectivity index (χ4v) is 4.15. The summed E-state index contributed by atoms with van der Waals surface area (Å²) in [5.41, 5.74) is 2.54. The summed E-state index contributed by atoms with van der Waals surface area (Å²) in [6.07, 6.45) is 13.0. The molecule has 0 unspecified atom stereocenters. The van der Waals surface area contributed by atoms with Crippen LogP contribution < -0.4 is 15.8 Å². The van der Waals surface area contributed by atoms with Crippen molar-refractivity contribution in [3.8, 4) is 0 Å². The normalized spacial score (nSPS) is 18.0. The second-order valence-corrected chi connectivity index (χ2v) is 7.46. The highest BCUT2D eigenvalue weighted by Crippen LogP contribution is 2.26. The molecular formula is C20H28N6O. The zero-order chi connectivity index (χ0) is 18.6. The average Bonchev–Trinajstić information content (AvgIpc) is 2.95. The summed E-state index contributed by atoms with van der Waals surface area (Å²) < 4.78 is 1.71. The number of rotatable bonds is 4. The van der Waals surface area contributed by atoms with Crippen molar-refractivity contribution in [2.75, 3.05) is 23.3 Å². The molecule has 1 aliphatic carbocycles. The van der Waals surface area contributed by atoms with Crippen molar-refractivity contribution >= 4 is 11.6 Å². The molecule has 0 bridgehead atoms. The quantitative estimate of drug-likeness (QED) is 0.835. The van der Waals surface area contributed by atoms with Gasteiger partial charge in [0.15, 0.2) is 5.82 Å². The van der Waals surface area contributed by atoms with Gasteiger partial charge in [-0.2, -0.15) is 0 Å². The van der Waals surface area contributed by atoms with E-state index in [2.05, 4.69) is 25.2 Å². The number of piperidine rings is 1. The number of nitrogens with one attached hydrogen (secondary N) is 1. The van der Waals surface area contributed by atoms with Gasteiger partial charge in [0.1, 0.15) is 12.1 Å². The number of hydrogen-bond acceptors (Lipinski definition) is 6. The van der Waals surface area contributed by atoms with Crippen LogP contribution in [0.2, 0.25) is 0 Å². The van der Waals surface area contributed by atoms with E-state index in [9.17, 15) is 4.79 Å². The Labute approximate surface area is 159 Å². The Kier molecular flexibility index (Phi) is 5.36. The Bertz CT molecular complexity index is 841. The molecule has 0 amide bonds. The van der Waals surface area contributed by atoms with Crippen LogP contribution in [0.5, 0.6) is 0 Å². The number of aromatic nitrogens is 4. The van der Waals surface area contributed by atoms with Gasteiger partial charge in [-0.15, -0.1) is 0 Å². The van der Waals surface area contributed by atoms with Gasteiger partial charge >= 0.3 is 0 Å². The molecule has 0 saturated carbocycles. The second kappa shape index (κ2) is 8.06. The standard InChI is InChI=1S/C20H28N6O/c1-2-25-13-10-21-19(20(25)27)26-11-8-15(9-12-26)24-18-16-6-4-3-5-7-17(16)22-14-23-18/h10,13-15H,2-9,11-12H2,1H3,(H,22,23,24). The van der Waals surface area contributed by atoms with Crippen molar-refractivity contribution in [3.63, 3.8) is 0 Å². The van der Waals surface area contributed by atoms with Gasteiger partial charge in [0.25, 0.3) is 5.56 Å². The van der Waals surface area contributed by atoms with Crippen molar-refractivity contribution < 1.29 is 0 Å². The minimum atomic E-state index is 0.00697. The lowest BCUT2D eigenvalue weighted by Gasteiger charge is -2.33. The Hall–Kier alpha value is -2.44. The first kappa shape index (κ1) is 17.9. The molecule has 0 aromatic carbocycles. The molecule has 2 aliphatic rings. The minimum Gasteiger partial charge on any atom is -0.367 e. The van der Waals surface area contributed by atoms with Gasteiger partial charge in [-0.1, -0.05) is 6.42 Å². The van der Waals surface area contributed by atoms with Crippen molar-refractivity contribution in [1.29, 1.82) is 0 Å². The highest BCUT2D eigenvalue weighted by molar-refractivity contribution is 5.48. The summed E-state index contributed by atoms with van der Waals surface area (Å²) >= 11 is 0. The molecule has 1 fully saturated rings. The number of aryl methyl sites for hydroxylation is 2. The third kappa shape index (κ3) is 3.82. The van der Waals surface area contributed by atoms with Gasteiger partial charge in [0, 0.05) is 49.3 Å². The van der Waals surface area contributed by atoms with Gasteiger partial charge in [-0.25, -0.2) is 15.0 Å². The zero-order valence-corrected chi connectivity index (χ0v) is 16.0. The van der Waals surface area contributed by atoms with Gasteiger partial charge in [0.05, 0.1) is 0 Å². The molecule has 1 N–H and O–H groups in total. The molecule has 1 aliphatic heterocycles. The lowest BCUT2D eigenvalue weighted by molar-refractivity contribution is 0.518. The number of hydrogen-bond donors (Lipinski definition) is 1. The Balaban J connectivity index is 1.43. The molecule has 7 heteroatoms. The van der Waals surface area contributed by atoms with Gasteiger partial charge in [0.2, 0.25) is 0 Å². The molecule has 0 atom stereocenters. The van der Waals surface area contributed by atoms with Crippen molar-refractivity contribution in [2.45, 2.75) is 64.5 Å². The van der Waals surface area contributed by atoms with E-state index in [1.165, 1.54) is 30.5 Å². The molecule has 0 radical (unpaired) electrons. The van der Waals surface area contributed by atoms with E-state index in [1.807, 2.05) is 6.92 Å². The average molecular weight is 368 g/mol. The van der Waals surface area contributed by atoms with E-state index in [0.29, 0.717) is 18.4 Å². The molecule has 0 spiro atoms. The smallest absolute Gasteiger partial charge is 0.293 e. The molecule has 7 nitrogen and oxygen atoms in total. The second-order valence-electron chi connectivity index (χ2n) is 7.46. The van der Waals surface area contributed by atoms with Crippen LogP contribution in [0.3, 0.4) is 0 Å². The fourth-order valence-electron chi connectivity index (χ4n) is 4.15. The maximum atomic E-state index is 12.5. The van der Waals surface area contributed by atoms with E-state index in [0.717, 1.165) is 44.6 Å². The molecule has 2 aromatic rings. The molecular weight excluding hydrogens is 340 g/mol. The highest BCUT2D eigenvalue weighted by Gasteiger charge is 2.24. The predicted octanol–water partition coefficient (Wildman–Crippen LogP) is 2.40. The van der Waals surface area contributed by atoms with Crippen LogP contribution in [0.25, 0.3) is 0 Å². The Morgan fingerprint density at radius 2 is 1.93 bits per heavy atom. The maximum absolute atomic E-state index is 12.5. The molecule has 2 aromatic heterocycles. The van der Waals surface area contributed by atoms with Crippen molar-refractivity contribution in [2.24, 2.45) is 0 Å². The monoisotopic (exact) mass is 368 g/mol. The Morgan fingerprint density at radius 1 is 1.11 bits per heavy atom. The molecule has 4 rings (SSSR count).